The van der Waals surface area contributed by atoms with Crippen molar-refractivity contribution >= 4 is 28.2 Å². The van der Waals surface area contributed by atoms with Crippen molar-refractivity contribution in [1.29, 1.82) is 0 Å². The lowest BCUT2D eigenvalue weighted by molar-refractivity contribution is 0.112. The van der Waals surface area contributed by atoms with Crippen molar-refractivity contribution in [2.75, 3.05) is 0 Å². The van der Waals surface area contributed by atoms with Gasteiger partial charge in [-0.15, -0.1) is 0 Å². The first-order valence-corrected chi connectivity index (χ1v) is 5.56. The largest absolute Gasteiger partial charge is 0.463 e. The van der Waals surface area contributed by atoms with Gasteiger partial charge in [-0.25, -0.2) is 4.79 Å². The molecule has 0 aliphatic heterocycles. The highest BCUT2D eigenvalue weighted by Crippen LogP contribution is 2.24. The zero-order valence-electron chi connectivity index (χ0n) is 9.93. The minimum Gasteiger partial charge on any atom is -0.463 e. The van der Waals surface area contributed by atoms with Crippen LogP contribution in [0.5, 0.6) is 0 Å². The predicted molar refractivity (Wildman–Crippen MR) is 68.7 cm³/mol. The molecule has 0 amide bonds. The van der Waals surface area contributed by atoms with E-state index in [1.807, 2.05) is 0 Å². The predicted octanol–water partition coefficient (Wildman–Crippen LogP) is 2.02. The molecular formula is C14H8O5. The van der Waals surface area contributed by atoms with Gasteiger partial charge >= 0.3 is 5.63 Å². The molecule has 0 fully saturated rings. The van der Waals surface area contributed by atoms with Gasteiger partial charge in [-0.05, 0) is 24.6 Å². The summed E-state index contributed by atoms with van der Waals surface area (Å²) in [4.78, 5) is 34.4. The van der Waals surface area contributed by atoms with Crippen LogP contribution in [0.25, 0.3) is 21.9 Å². The van der Waals surface area contributed by atoms with E-state index in [0.29, 0.717) is 17.2 Å². The lowest BCUT2D eigenvalue weighted by Gasteiger charge is -2.03. The quantitative estimate of drug-likeness (QED) is 0.378. The van der Waals surface area contributed by atoms with Crippen molar-refractivity contribution in [3.05, 3.63) is 56.2 Å². The minimum atomic E-state index is -0.548. The van der Waals surface area contributed by atoms with Gasteiger partial charge in [0.15, 0.2) is 11.9 Å². The second-order valence-corrected chi connectivity index (χ2v) is 4.20. The van der Waals surface area contributed by atoms with Crippen molar-refractivity contribution < 1.29 is 13.6 Å². The molecule has 5 nitrogen and oxygen atoms in total. The molecule has 0 saturated carbocycles. The minimum absolute atomic E-state index is 0.107. The molecule has 1 aromatic carbocycles. The number of rotatable bonds is 1. The van der Waals surface area contributed by atoms with Crippen LogP contribution in [-0.4, -0.2) is 6.29 Å². The molecule has 0 saturated heterocycles. The lowest BCUT2D eigenvalue weighted by atomic mass is 10.1. The van der Waals surface area contributed by atoms with Gasteiger partial charge in [0.05, 0.1) is 5.56 Å². The fraction of sp³-hybridized carbons (Fsp3) is 0.0714. The molecule has 3 aromatic rings. The van der Waals surface area contributed by atoms with Crippen molar-refractivity contribution in [3.8, 4) is 0 Å². The smallest absolute Gasteiger partial charge is 0.336 e. The van der Waals surface area contributed by atoms with Gasteiger partial charge in [0.1, 0.15) is 17.2 Å². The Labute approximate surface area is 106 Å². The Kier molecular flexibility index (Phi) is 2.35. The molecule has 19 heavy (non-hydrogen) atoms. The molecule has 0 radical (unpaired) electrons. The first-order chi connectivity index (χ1) is 9.11. The van der Waals surface area contributed by atoms with Gasteiger partial charge in [-0.2, -0.15) is 0 Å². The fourth-order valence-corrected chi connectivity index (χ4v) is 2.09. The molecule has 5 heteroatoms. The molecule has 0 unspecified atom stereocenters. The Morgan fingerprint density at radius 2 is 2.00 bits per heavy atom. The summed E-state index contributed by atoms with van der Waals surface area (Å²) in [5, 5.41) is 0.755. The molecule has 0 N–H and O–H groups in total. The number of carbonyl (C=O) groups excluding carboxylic acids is 1. The molecule has 2 heterocycles. The van der Waals surface area contributed by atoms with Crippen LogP contribution < -0.4 is 11.1 Å². The summed E-state index contributed by atoms with van der Waals surface area (Å²) in [5.41, 5.74) is -0.0333. The number of hydrogen-bond acceptors (Lipinski definition) is 5. The number of fused-ring (bicyclic) bond motifs is 3. The monoisotopic (exact) mass is 256 g/mol. The normalized spacial score (nSPS) is 11.0. The molecule has 0 bridgehead atoms. The Balaban J connectivity index is 2.69. The summed E-state index contributed by atoms with van der Waals surface area (Å²) in [6, 6.07) is 4.67. The SMILES string of the molecule is Cc1cc(=O)oc2c1ccc1occ(C=O)c(=O)c12. The summed E-state index contributed by atoms with van der Waals surface area (Å²) in [5.74, 6) is 0. The van der Waals surface area contributed by atoms with Crippen molar-refractivity contribution in [2.45, 2.75) is 6.92 Å². The van der Waals surface area contributed by atoms with E-state index in [0.717, 1.165) is 6.26 Å². The van der Waals surface area contributed by atoms with E-state index >= 15 is 0 Å². The van der Waals surface area contributed by atoms with Crippen LogP contribution in [0.4, 0.5) is 0 Å². The van der Waals surface area contributed by atoms with E-state index in [4.69, 9.17) is 8.83 Å². The molecule has 0 aliphatic carbocycles. The molecular weight excluding hydrogens is 248 g/mol. The van der Waals surface area contributed by atoms with Gasteiger partial charge in [0.2, 0.25) is 5.43 Å². The Hall–Kier alpha value is -2.69. The highest BCUT2D eigenvalue weighted by Gasteiger charge is 2.13. The van der Waals surface area contributed by atoms with E-state index in [2.05, 4.69) is 0 Å². The van der Waals surface area contributed by atoms with E-state index < -0.39 is 11.1 Å². The van der Waals surface area contributed by atoms with Gasteiger partial charge in [0.25, 0.3) is 0 Å². The van der Waals surface area contributed by atoms with E-state index in [9.17, 15) is 14.4 Å². The van der Waals surface area contributed by atoms with Gasteiger partial charge in [0, 0.05) is 11.5 Å². The summed E-state index contributed by atoms with van der Waals surface area (Å²) in [6.45, 7) is 1.75. The number of aldehydes is 1. The van der Waals surface area contributed by atoms with Crippen LogP contribution in [0.1, 0.15) is 15.9 Å². The molecule has 0 aliphatic rings. The maximum Gasteiger partial charge on any atom is 0.336 e. The molecule has 0 spiro atoms. The van der Waals surface area contributed by atoms with Crippen molar-refractivity contribution in [3.63, 3.8) is 0 Å². The third-order valence-corrected chi connectivity index (χ3v) is 3.01. The Bertz CT molecular complexity index is 930. The average Bonchev–Trinajstić information content (AvgIpc) is 2.38. The van der Waals surface area contributed by atoms with Gasteiger partial charge in [-0.3, -0.25) is 9.59 Å². The summed E-state index contributed by atoms with van der Waals surface area (Å²) < 4.78 is 10.3. The topological polar surface area (TPSA) is 77.5 Å². The zero-order chi connectivity index (χ0) is 13.6. The fourth-order valence-electron chi connectivity index (χ4n) is 2.09. The van der Waals surface area contributed by atoms with Gasteiger partial charge < -0.3 is 8.83 Å². The number of benzene rings is 1. The van der Waals surface area contributed by atoms with Crippen molar-refractivity contribution in [2.24, 2.45) is 0 Å². The first kappa shape index (κ1) is 11.4. The maximum atomic E-state index is 12.1. The highest BCUT2D eigenvalue weighted by atomic mass is 16.4. The number of hydrogen-bond donors (Lipinski definition) is 0. The standard InChI is InChI=1S/C14H8O5/c1-7-4-11(16)19-14-9(7)2-3-10-12(14)13(17)8(5-15)6-18-10/h2-6H,1H3. The summed E-state index contributed by atoms with van der Waals surface area (Å²) in [6.07, 6.45) is 1.51. The second-order valence-electron chi connectivity index (χ2n) is 4.20. The first-order valence-electron chi connectivity index (χ1n) is 5.56. The average molecular weight is 256 g/mol. The van der Waals surface area contributed by atoms with E-state index in [1.54, 1.807) is 19.1 Å². The van der Waals surface area contributed by atoms with Gasteiger partial charge in [-0.1, -0.05) is 0 Å². The lowest BCUT2D eigenvalue weighted by Crippen LogP contribution is -2.09. The van der Waals surface area contributed by atoms with Crippen LogP contribution in [0.3, 0.4) is 0 Å². The zero-order valence-corrected chi connectivity index (χ0v) is 9.93. The Morgan fingerprint density at radius 1 is 1.21 bits per heavy atom. The van der Waals surface area contributed by atoms with Crippen LogP contribution in [0, 0.1) is 6.92 Å². The van der Waals surface area contributed by atoms with Crippen LogP contribution >= 0.6 is 0 Å². The Morgan fingerprint density at radius 3 is 2.74 bits per heavy atom. The second kappa shape index (κ2) is 3.91. The summed E-state index contributed by atoms with van der Waals surface area (Å²) in [7, 11) is 0. The van der Waals surface area contributed by atoms with Crippen molar-refractivity contribution in [1.82, 2.24) is 0 Å². The van der Waals surface area contributed by atoms with Crippen LogP contribution in [0.15, 0.2) is 42.9 Å². The van der Waals surface area contributed by atoms with Crippen LogP contribution in [0.2, 0.25) is 0 Å². The molecule has 3 rings (SSSR count). The number of carbonyl (C=O) groups is 1. The molecule has 94 valence electrons. The maximum absolute atomic E-state index is 12.1. The van der Waals surface area contributed by atoms with Crippen LogP contribution in [-0.2, 0) is 0 Å². The third kappa shape index (κ3) is 1.59. The van der Waals surface area contributed by atoms with E-state index in [1.165, 1.54) is 6.07 Å². The van der Waals surface area contributed by atoms with E-state index in [-0.39, 0.29) is 22.1 Å². The third-order valence-electron chi connectivity index (χ3n) is 3.01. The number of aryl methyl sites for hydroxylation is 1. The molecule has 0 atom stereocenters. The highest BCUT2D eigenvalue weighted by molar-refractivity contribution is 6.03. The molecule has 2 aromatic heterocycles. The summed E-state index contributed by atoms with van der Waals surface area (Å²) >= 11 is 0.